The van der Waals surface area contributed by atoms with Gasteiger partial charge in [-0.15, -0.1) is 5.10 Å². The average Bonchev–Trinajstić information content (AvgIpc) is 3.01. The van der Waals surface area contributed by atoms with E-state index in [1.54, 1.807) is 10.9 Å². The Morgan fingerprint density at radius 2 is 1.88 bits per heavy atom. The first-order valence-electron chi connectivity index (χ1n) is 8.05. The summed E-state index contributed by atoms with van der Waals surface area (Å²) < 4.78 is 2.92. The molecule has 1 aromatic carbocycles. The van der Waals surface area contributed by atoms with Crippen LogP contribution in [0.4, 0.5) is 5.95 Å². The van der Waals surface area contributed by atoms with E-state index in [-0.39, 0.29) is 0 Å². The van der Waals surface area contributed by atoms with E-state index in [0.29, 0.717) is 29.2 Å². The molecule has 3 aromatic rings. The third kappa shape index (κ3) is 3.20. The van der Waals surface area contributed by atoms with Gasteiger partial charge >= 0.3 is 0 Å². The number of fused-ring (bicyclic) bond motifs is 1. The van der Waals surface area contributed by atoms with Gasteiger partial charge in [0.25, 0.3) is 0 Å². The molecule has 0 radical (unpaired) electrons. The predicted molar refractivity (Wildman–Crippen MR) is 101 cm³/mol. The number of rotatable bonds is 3. The van der Waals surface area contributed by atoms with Crippen LogP contribution < -0.4 is 11.1 Å². The molecule has 2 aromatic heterocycles. The number of nitrogens with one attached hydrogen (secondary N) is 1. The first-order valence-corrected chi connectivity index (χ1v) is 9.13. The Morgan fingerprint density at radius 1 is 1.12 bits per heavy atom. The molecular formula is C16H18IN7. The van der Waals surface area contributed by atoms with Crippen molar-refractivity contribution in [3.8, 4) is 5.69 Å². The molecule has 0 aliphatic heterocycles. The van der Waals surface area contributed by atoms with Gasteiger partial charge in [0.15, 0.2) is 11.2 Å². The molecule has 1 aliphatic rings. The lowest BCUT2D eigenvalue weighted by Crippen LogP contribution is -2.33. The minimum absolute atomic E-state index is 0.331. The Labute approximate surface area is 153 Å². The summed E-state index contributed by atoms with van der Waals surface area (Å²) in [6.45, 7) is 0. The SMILES string of the molecule is NC1CCC(Nc2ncc3nnn(-c4ccc(I)cc4)c3n2)CC1. The van der Waals surface area contributed by atoms with Crippen LogP contribution in [0.2, 0.25) is 0 Å². The van der Waals surface area contributed by atoms with Crippen LogP contribution in [0.25, 0.3) is 16.9 Å². The fourth-order valence-electron chi connectivity index (χ4n) is 3.00. The number of hydrogen-bond donors (Lipinski definition) is 2. The molecule has 0 unspecified atom stereocenters. The van der Waals surface area contributed by atoms with Crippen molar-refractivity contribution in [2.24, 2.45) is 5.73 Å². The molecule has 3 N–H and O–H groups in total. The van der Waals surface area contributed by atoms with E-state index >= 15 is 0 Å². The maximum atomic E-state index is 5.97. The second-order valence-corrected chi connectivity index (χ2v) is 7.38. The highest BCUT2D eigenvalue weighted by molar-refractivity contribution is 14.1. The van der Waals surface area contributed by atoms with Crippen LogP contribution in [-0.4, -0.2) is 37.0 Å². The lowest BCUT2D eigenvalue weighted by atomic mass is 9.92. The molecule has 0 saturated heterocycles. The van der Waals surface area contributed by atoms with Crippen molar-refractivity contribution < 1.29 is 0 Å². The number of benzene rings is 1. The zero-order chi connectivity index (χ0) is 16.5. The Bertz CT molecular complexity index is 837. The molecule has 1 aliphatic carbocycles. The highest BCUT2D eigenvalue weighted by atomic mass is 127. The van der Waals surface area contributed by atoms with E-state index in [1.807, 2.05) is 24.3 Å². The number of halogens is 1. The maximum Gasteiger partial charge on any atom is 0.225 e. The summed E-state index contributed by atoms with van der Waals surface area (Å²) in [5.41, 5.74) is 8.30. The monoisotopic (exact) mass is 435 g/mol. The Balaban J connectivity index is 1.62. The molecule has 0 spiro atoms. The van der Waals surface area contributed by atoms with Crippen LogP contribution in [-0.2, 0) is 0 Å². The highest BCUT2D eigenvalue weighted by Gasteiger charge is 2.19. The smallest absolute Gasteiger partial charge is 0.225 e. The van der Waals surface area contributed by atoms with Gasteiger partial charge in [0.05, 0.1) is 11.9 Å². The van der Waals surface area contributed by atoms with E-state index in [4.69, 9.17) is 5.73 Å². The van der Waals surface area contributed by atoms with Crippen molar-refractivity contribution in [3.05, 3.63) is 34.0 Å². The molecular weight excluding hydrogens is 417 g/mol. The van der Waals surface area contributed by atoms with E-state index in [2.05, 4.69) is 48.2 Å². The zero-order valence-corrected chi connectivity index (χ0v) is 15.2. The Morgan fingerprint density at radius 3 is 2.62 bits per heavy atom. The molecule has 7 nitrogen and oxygen atoms in total. The molecule has 0 bridgehead atoms. The molecule has 1 saturated carbocycles. The molecule has 124 valence electrons. The van der Waals surface area contributed by atoms with Gasteiger partial charge < -0.3 is 11.1 Å². The van der Waals surface area contributed by atoms with E-state index in [9.17, 15) is 0 Å². The molecule has 8 heteroatoms. The minimum atomic E-state index is 0.331. The average molecular weight is 435 g/mol. The fourth-order valence-corrected chi connectivity index (χ4v) is 3.36. The van der Waals surface area contributed by atoms with Gasteiger partial charge in [-0.05, 0) is 72.5 Å². The van der Waals surface area contributed by atoms with E-state index < -0.39 is 0 Å². The van der Waals surface area contributed by atoms with Crippen LogP contribution >= 0.6 is 22.6 Å². The largest absolute Gasteiger partial charge is 0.351 e. The molecule has 1 fully saturated rings. The molecule has 2 heterocycles. The summed E-state index contributed by atoms with van der Waals surface area (Å²) in [4.78, 5) is 9.00. The summed E-state index contributed by atoms with van der Waals surface area (Å²) in [6, 6.07) is 8.80. The first kappa shape index (κ1) is 15.7. The summed E-state index contributed by atoms with van der Waals surface area (Å²) in [6.07, 6.45) is 5.91. The summed E-state index contributed by atoms with van der Waals surface area (Å²) in [5, 5.41) is 11.8. The summed E-state index contributed by atoms with van der Waals surface area (Å²) in [7, 11) is 0. The lowest BCUT2D eigenvalue weighted by molar-refractivity contribution is 0.410. The van der Waals surface area contributed by atoms with Crippen molar-refractivity contribution in [2.75, 3.05) is 5.32 Å². The number of hydrogen-bond acceptors (Lipinski definition) is 6. The van der Waals surface area contributed by atoms with Crippen molar-refractivity contribution in [3.63, 3.8) is 0 Å². The third-order valence-corrected chi connectivity index (χ3v) is 5.09. The zero-order valence-electron chi connectivity index (χ0n) is 13.1. The van der Waals surface area contributed by atoms with Gasteiger partial charge in [-0.2, -0.15) is 9.67 Å². The summed E-state index contributed by atoms with van der Waals surface area (Å²) >= 11 is 2.28. The van der Waals surface area contributed by atoms with Crippen molar-refractivity contribution >= 4 is 39.7 Å². The van der Waals surface area contributed by atoms with Gasteiger partial charge in [-0.25, -0.2) is 4.98 Å². The van der Waals surface area contributed by atoms with Gasteiger partial charge in [0.2, 0.25) is 5.95 Å². The fraction of sp³-hybridized carbons (Fsp3) is 0.375. The predicted octanol–water partition coefficient (Wildman–Crippen LogP) is 2.50. The topological polar surface area (TPSA) is 94.5 Å². The van der Waals surface area contributed by atoms with E-state index in [1.165, 1.54) is 3.57 Å². The number of anilines is 1. The lowest BCUT2D eigenvalue weighted by Gasteiger charge is -2.26. The molecule has 0 atom stereocenters. The number of nitrogens with zero attached hydrogens (tertiary/aromatic N) is 5. The second kappa shape index (κ2) is 6.60. The van der Waals surface area contributed by atoms with Gasteiger partial charge in [0.1, 0.15) is 0 Å². The molecule has 4 rings (SSSR count). The van der Waals surface area contributed by atoms with Gasteiger partial charge in [-0.1, -0.05) is 5.21 Å². The van der Waals surface area contributed by atoms with Crippen LogP contribution in [0.3, 0.4) is 0 Å². The standard InChI is InChI=1S/C16H18IN7/c17-10-1-7-13(8-2-10)24-15-14(22-23-24)9-19-16(21-15)20-12-5-3-11(18)4-6-12/h1-2,7-9,11-12H,3-6,18H2,(H,19,20,21). The van der Waals surface area contributed by atoms with Gasteiger partial charge in [-0.3, -0.25) is 0 Å². The van der Waals surface area contributed by atoms with Crippen LogP contribution in [0.1, 0.15) is 25.7 Å². The van der Waals surface area contributed by atoms with Crippen LogP contribution in [0, 0.1) is 3.57 Å². The number of nitrogens with two attached hydrogens (primary N) is 1. The second-order valence-electron chi connectivity index (χ2n) is 6.14. The Kier molecular flexibility index (Phi) is 4.31. The third-order valence-electron chi connectivity index (χ3n) is 4.37. The normalized spacial score (nSPS) is 21.1. The van der Waals surface area contributed by atoms with Crippen molar-refractivity contribution in [1.29, 1.82) is 0 Å². The molecule has 24 heavy (non-hydrogen) atoms. The molecule has 0 amide bonds. The number of aromatic nitrogens is 5. The van der Waals surface area contributed by atoms with E-state index in [0.717, 1.165) is 31.4 Å². The van der Waals surface area contributed by atoms with Crippen LogP contribution in [0.5, 0.6) is 0 Å². The van der Waals surface area contributed by atoms with Crippen molar-refractivity contribution in [2.45, 2.75) is 37.8 Å². The highest BCUT2D eigenvalue weighted by Crippen LogP contribution is 2.21. The first-order chi connectivity index (χ1) is 11.7. The maximum absolute atomic E-state index is 5.97. The quantitative estimate of drug-likeness (QED) is 0.614. The van der Waals surface area contributed by atoms with Crippen molar-refractivity contribution in [1.82, 2.24) is 25.0 Å². The van der Waals surface area contributed by atoms with Gasteiger partial charge in [0, 0.05) is 15.7 Å². The summed E-state index contributed by atoms with van der Waals surface area (Å²) in [5.74, 6) is 0.622. The minimum Gasteiger partial charge on any atom is -0.351 e. The van der Waals surface area contributed by atoms with Crippen LogP contribution in [0.15, 0.2) is 30.5 Å². The Hall–Kier alpha value is -1.81.